The molecule has 0 bridgehead atoms. The highest BCUT2D eigenvalue weighted by Crippen LogP contribution is 2.18. The van der Waals surface area contributed by atoms with Crippen molar-refractivity contribution in [3.8, 4) is 0 Å². The largest absolute Gasteiger partial charge is 0.264 e. The zero-order valence-electron chi connectivity index (χ0n) is 9.75. The van der Waals surface area contributed by atoms with Gasteiger partial charge in [0.2, 0.25) is 0 Å². The molecule has 5 heteroatoms. The predicted octanol–water partition coefficient (Wildman–Crippen LogP) is 3.20. The van der Waals surface area contributed by atoms with Gasteiger partial charge in [0.15, 0.2) is 5.16 Å². The molecule has 0 saturated carbocycles. The van der Waals surface area contributed by atoms with Crippen molar-refractivity contribution < 1.29 is 0 Å². The molecule has 90 valence electrons. The molecule has 0 radical (unpaired) electrons. The van der Waals surface area contributed by atoms with E-state index >= 15 is 0 Å². The number of rotatable bonds is 3. The molecule has 0 aliphatic carbocycles. The van der Waals surface area contributed by atoms with E-state index in [1.807, 2.05) is 32.2 Å². The lowest BCUT2D eigenvalue weighted by molar-refractivity contribution is 0.901. The van der Waals surface area contributed by atoms with Gasteiger partial charge in [-0.3, -0.25) is 4.98 Å². The number of thioether (sulfide) groups is 1. The molecule has 2 rings (SSSR count). The molecule has 0 aliphatic rings. The molecule has 0 unspecified atom stereocenters. The summed E-state index contributed by atoms with van der Waals surface area (Å²) in [6, 6.07) is 5.98. The molecular formula is C12H14ClN3S. The molecule has 0 aliphatic heterocycles. The van der Waals surface area contributed by atoms with Crippen LogP contribution in [-0.4, -0.2) is 15.0 Å². The first-order chi connectivity index (χ1) is 7.74. The molecule has 0 aromatic carbocycles. The Bertz CT molecular complexity index is 456. The number of aromatic nitrogens is 3. The molecule has 2 aromatic rings. The highest BCUT2D eigenvalue weighted by Gasteiger charge is 2.01. The Morgan fingerprint density at radius 1 is 1.18 bits per heavy atom. The third-order valence-corrected chi connectivity index (χ3v) is 2.97. The van der Waals surface area contributed by atoms with Gasteiger partial charge in [0, 0.05) is 29.5 Å². The first-order valence-electron chi connectivity index (χ1n) is 5.08. The Hall–Kier alpha value is -1.13. The van der Waals surface area contributed by atoms with Crippen LogP contribution in [0.3, 0.4) is 0 Å². The Kier molecular flexibility index (Phi) is 5.38. The fourth-order valence-corrected chi connectivity index (χ4v) is 2.27. The van der Waals surface area contributed by atoms with Crippen molar-refractivity contribution in [2.24, 2.45) is 0 Å². The topological polar surface area (TPSA) is 38.7 Å². The summed E-state index contributed by atoms with van der Waals surface area (Å²) in [6.07, 6.45) is 3.65. The second-order valence-electron chi connectivity index (χ2n) is 3.58. The molecule has 17 heavy (non-hydrogen) atoms. The van der Waals surface area contributed by atoms with Crippen molar-refractivity contribution in [3.63, 3.8) is 0 Å². The zero-order chi connectivity index (χ0) is 11.4. The SMILES string of the molecule is Cc1cc(C)nc(SCc2cccnc2)n1.Cl. The quantitative estimate of drug-likeness (QED) is 0.632. The minimum atomic E-state index is 0. The minimum Gasteiger partial charge on any atom is -0.264 e. The summed E-state index contributed by atoms with van der Waals surface area (Å²) in [5.41, 5.74) is 3.22. The molecule has 0 atom stereocenters. The van der Waals surface area contributed by atoms with Crippen LogP contribution in [0.2, 0.25) is 0 Å². The maximum absolute atomic E-state index is 4.38. The second kappa shape index (κ2) is 6.57. The molecule has 0 N–H and O–H groups in total. The van der Waals surface area contributed by atoms with E-state index in [4.69, 9.17) is 0 Å². The van der Waals surface area contributed by atoms with Gasteiger partial charge >= 0.3 is 0 Å². The van der Waals surface area contributed by atoms with Gasteiger partial charge in [0.25, 0.3) is 0 Å². The molecule has 0 amide bonds. The van der Waals surface area contributed by atoms with Gasteiger partial charge in [-0.15, -0.1) is 12.4 Å². The van der Waals surface area contributed by atoms with Crippen molar-refractivity contribution in [1.82, 2.24) is 15.0 Å². The lowest BCUT2D eigenvalue weighted by Crippen LogP contribution is -1.93. The van der Waals surface area contributed by atoms with Crippen LogP contribution in [0.15, 0.2) is 35.7 Å². The number of halogens is 1. The number of hydrogen-bond acceptors (Lipinski definition) is 4. The van der Waals surface area contributed by atoms with Gasteiger partial charge in [0.1, 0.15) is 0 Å². The summed E-state index contributed by atoms with van der Waals surface area (Å²) in [5, 5.41) is 0.835. The summed E-state index contributed by atoms with van der Waals surface area (Å²) < 4.78 is 0. The van der Waals surface area contributed by atoms with E-state index in [0.29, 0.717) is 0 Å². The van der Waals surface area contributed by atoms with Gasteiger partial charge < -0.3 is 0 Å². The minimum absolute atomic E-state index is 0. The van der Waals surface area contributed by atoms with Crippen LogP contribution in [-0.2, 0) is 5.75 Å². The van der Waals surface area contributed by atoms with Crippen molar-refractivity contribution in [3.05, 3.63) is 47.5 Å². The molecule has 2 aromatic heterocycles. The van der Waals surface area contributed by atoms with Crippen molar-refractivity contribution >= 4 is 24.2 Å². The maximum atomic E-state index is 4.38. The Labute approximate surface area is 112 Å². The van der Waals surface area contributed by atoms with E-state index in [2.05, 4.69) is 21.0 Å². The molecular weight excluding hydrogens is 254 g/mol. The van der Waals surface area contributed by atoms with Gasteiger partial charge in [-0.1, -0.05) is 17.8 Å². The Balaban J connectivity index is 0.00000144. The Morgan fingerprint density at radius 3 is 2.47 bits per heavy atom. The average Bonchev–Trinajstić information content (AvgIpc) is 2.27. The Morgan fingerprint density at radius 2 is 1.88 bits per heavy atom. The highest BCUT2D eigenvalue weighted by atomic mass is 35.5. The van der Waals surface area contributed by atoms with Gasteiger partial charge in [0.05, 0.1) is 0 Å². The van der Waals surface area contributed by atoms with Crippen molar-refractivity contribution in [1.29, 1.82) is 0 Å². The first-order valence-corrected chi connectivity index (χ1v) is 6.06. The smallest absolute Gasteiger partial charge is 0.188 e. The monoisotopic (exact) mass is 267 g/mol. The van der Waals surface area contributed by atoms with E-state index in [1.165, 1.54) is 5.56 Å². The molecule has 0 spiro atoms. The van der Waals surface area contributed by atoms with Crippen LogP contribution < -0.4 is 0 Å². The van der Waals surface area contributed by atoms with Crippen molar-refractivity contribution in [2.75, 3.05) is 0 Å². The lowest BCUT2D eigenvalue weighted by atomic mass is 10.3. The van der Waals surface area contributed by atoms with Gasteiger partial charge in [-0.2, -0.15) is 0 Å². The predicted molar refractivity (Wildman–Crippen MR) is 72.6 cm³/mol. The van der Waals surface area contributed by atoms with Crippen LogP contribution in [0.1, 0.15) is 17.0 Å². The number of hydrogen-bond donors (Lipinski definition) is 0. The third-order valence-electron chi connectivity index (χ3n) is 2.05. The number of aryl methyl sites for hydroxylation is 2. The zero-order valence-corrected chi connectivity index (χ0v) is 11.4. The summed E-state index contributed by atoms with van der Waals surface area (Å²) in [4.78, 5) is 12.8. The number of pyridine rings is 1. The highest BCUT2D eigenvalue weighted by molar-refractivity contribution is 7.98. The molecule has 3 nitrogen and oxygen atoms in total. The standard InChI is InChI=1S/C12H13N3S.ClH/c1-9-6-10(2)15-12(14-9)16-8-11-4-3-5-13-7-11;/h3-7H,8H2,1-2H3;1H. The summed E-state index contributed by atoms with van der Waals surface area (Å²) >= 11 is 1.64. The van der Waals surface area contributed by atoms with Gasteiger partial charge in [-0.25, -0.2) is 9.97 Å². The lowest BCUT2D eigenvalue weighted by Gasteiger charge is -2.02. The average molecular weight is 268 g/mol. The summed E-state index contributed by atoms with van der Waals surface area (Å²) in [6.45, 7) is 3.98. The molecule has 0 fully saturated rings. The van der Waals surface area contributed by atoms with E-state index in [1.54, 1.807) is 18.0 Å². The molecule has 2 heterocycles. The summed E-state index contributed by atoms with van der Waals surface area (Å²) in [7, 11) is 0. The maximum Gasteiger partial charge on any atom is 0.188 e. The third kappa shape index (κ3) is 4.32. The second-order valence-corrected chi connectivity index (χ2v) is 4.53. The van der Waals surface area contributed by atoms with Crippen LogP contribution in [0.25, 0.3) is 0 Å². The van der Waals surface area contributed by atoms with Gasteiger partial charge in [-0.05, 0) is 31.5 Å². The number of nitrogens with zero attached hydrogens (tertiary/aromatic N) is 3. The van der Waals surface area contributed by atoms with Crippen molar-refractivity contribution in [2.45, 2.75) is 24.8 Å². The fourth-order valence-electron chi connectivity index (χ4n) is 1.39. The van der Waals surface area contributed by atoms with E-state index < -0.39 is 0 Å². The first kappa shape index (κ1) is 13.9. The van der Waals surface area contributed by atoms with Crippen LogP contribution in [0, 0.1) is 13.8 Å². The molecule has 0 saturated heterocycles. The normalized spacial score (nSPS) is 9.76. The fraction of sp³-hybridized carbons (Fsp3) is 0.250. The van der Waals surface area contributed by atoms with Crippen LogP contribution in [0.4, 0.5) is 0 Å². The van der Waals surface area contributed by atoms with E-state index in [9.17, 15) is 0 Å². The van der Waals surface area contributed by atoms with E-state index in [-0.39, 0.29) is 12.4 Å². The van der Waals surface area contributed by atoms with Crippen LogP contribution in [0.5, 0.6) is 0 Å². The summed E-state index contributed by atoms with van der Waals surface area (Å²) in [5.74, 6) is 0.858. The van der Waals surface area contributed by atoms with Crippen LogP contribution >= 0.6 is 24.2 Å². The van der Waals surface area contributed by atoms with E-state index in [0.717, 1.165) is 22.3 Å².